The Morgan fingerprint density at radius 2 is 0.569 bits per heavy atom. The van der Waals surface area contributed by atoms with E-state index in [-0.39, 0.29) is 33.7 Å². The second kappa shape index (κ2) is 41.1. The molecule has 0 unspecified atom stereocenters. The number of halogens is 3. The van der Waals surface area contributed by atoms with Gasteiger partial charge in [0.2, 0.25) is 0 Å². The van der Waals surface area contributed by atoms with Gasteiger partial charge in [0, 0.05) is 0 Å². The Balaban J connectivity index is 0.000000304. The molecule has 0 aliphatic rings. The van der Waals surface area contributed by atoms with Gasteiger partial charge in [-0.25, -0.2) is 13.2 Å². The van der Waals surface area contributed by atoms with Crippen molar-refractivity contribution in [3.05, 3.63) is 310 Å². The van der Waals surface area contributed by atoms with E-state index in [1.807, 2.05) is 31.2 Å². The molecule has 0 aliphatic carbocycles. The fourth-order valence-corrected chi connectivity index (χ4v) is 11.5. The average molecular weight is 1380 g/mol. The van der Waals surface area contributed by atoms with Crippen LogP contribution in [0.25, 0.3) is 21.5 Å². The van der Waals surface area contributed by atoms with E-state index in [1.54, 1.807) is 18.2 Å². The van der Waals surface area contributed by atoms with Gasteiger partial charge in [0.15, 0.2) is 0 Å². The van der Waals surface area contributed by atoms with Crippen molar-refractivity contribution in [3.63, 3.8) is 0 Å². The SMILES string of the molecule is CC(C)(C)CCc1ccccc1.CC(C)(C)Cc1ccc(F)cc1.CC(C)(C)Cc1ccc2ccccc2c1.CC(C)(C)Cc1cccc(F)c1.CC(C)(C)Cc1cccc2ccccc12.CC(C)(C)Cc1ccccc1.Cc1ccc(CC(C)(C)C)cc1.Cc1ccc(F)cc1CC(C)(C)C. The summed E-state index contributed by atoms with van der Waals surface area (Å²) in [6, 6.07) is 79.2. The second-order valence-electron chi connectivity index (χ2n) is 37.8. The summed E-state index contributed by atoms with van der Waals surface area (Å²) in [6.45, 7) is 57.8. The molecule has 0 aliphatic heterocycles. The molecule has 0 atom stereocenters. The van der Waals surface area contributed by atoms with E-state index >= 15 is 0 Å². The Morgan fingerprint density at radius 3 is 1.04 bits per heavy atom. The maximum absolute atomic E-state index is 12.9. The molecule has 0 heterocycles. The van der Waals surface area contributed by atoms with E-state index in [0.29, 0.717) is 27.1 Å². The van der Waals surface area contributed by atoms with Crippen LogP contribution < -0.4 is 0 Å². The summed E-state index contributed by atoms with van der Waals surface area (Å²) in [6.07, 6.45) is 9.89. The molecule has 0 amide bonds. The Kier molecular flexibility index (Phi) is 35.8. The predicted octanol–water partition coefficient (Wildman–Crippen LogP) is 29.9. The lowest BCUT2D eigenvalue weighted by Crippen LogP contribution is -2.10. The molecule has 552 valence electrons. The third-order valence-corrected chi connectivity index (χ3v) is 15.9. The summed E-state index contributed by atoms with van der Waals surface area (Å²) in [5.74, 6) is -0.436. The van der Waals surface area contributed by atoms with Crippen LogP contribution in [-0.2, 0) is 51.4 Å². The third kappa shape index (κ3) is 43.5. The summed E-state index contributed by atoms with van der Waals surface area (Å²) in [7, 11) is 0. The Labute approximate surface area is 621 Å². The van der Waals surface area contributed by atoms with Gasteiger partial charge in [0.1, 0.15) is 17.5 Å². The monoisotopic (exact) mass is 1380 g/mol. The van der Waals surface area contributed by atoms with Crippen molar-refractivity contribution in [2.75, 3.05) is 0 Å². The first-order chi connectivity index (χ1) is 47.1. The zero-order valence-electron chi connectivity index (χ0n) is 68.5. The lowest BCUT2D eigenvalue weighted by molar-refractivity contribution is 0.378. The molecule has 102 heavy (non-hydrogen) atoms. The quantitative estimate of drug-likeness (QED) is 0.135. The topological polar surface area (TPSA) is 0 Å². The Bertz CT molecular complexity index is 3860. The minimum absolute atomic E-state index is 0.134. The van der Waals surface area contributed by atoms with Gasteiger partial charge in [-0.05, 0) is 223 Å². The zero-order valence-corrected chi connectivity index (χ0v) is 68.5. The molecular formula is C99H135F3. The molecule has 0 spiro atoms. The number of hydrogen-bond donors (Lipinski definition) is 0. The van der Waals surface area contributed by atoms with Gasteiger partial charge in [-0.15, -0.1) is 0 Å². The van der Waals surface area contributed by atoms with Gasteiger partial charge in [-0.2, -0.15) is 0 Å². The first-order valence-electron chi connectivity index (χ1n) is 37.4. The van der Waals surface area contributed by atoms with E-state index in [4.69, 9.17) is 0 Å². The van der Waals surface area contributed by atoms with Gasteiger partial charge in [-0.1, -0.05) is 372 Å². The molecule has 0 bridgehead atoms. The van der Waals surface area contributed by atoms with Crippen LogP contribution in [0.5, 0.6) is 0 Å². The summed E-state index contributed by atoms with van der Waals surface area (Å²) in [5, 5.41) is 5.42. The smallest absolute Gasteiger partial charge is 0.123 e. The van der Waals surface area contributed by atoms with E-state index in [1.165, 1.54) is 103 Å². The van der Waals surface area contributed by atoms with Crippen LogP contribution >= 0.6 is 0 Å². The van der Waals surface area contributed by atoms with Crippen LogP contribution in [0.15, 0.2) is 237 Å². The zero-order chi connectivity index (χ0) is 76.8. The maximum atomic E-state index is 12.9. The van der Waals surface area contributed by atoms with Gasteiger partial charge in [-0.3, -0.25) is 0 Å². The number of fused-ring (bicyclic) bond motifs is 2. The molecule has 0 fully saturated rings. The highest BCUT2D eigenvalue weighted by Gasteiger charge is 2.17. The number of rotatable bonds is 9. The summed E-state index contributed by atoms with van der Waals surface area (Å²) in [5.41, 5.74) is 15.8. The van der Waals surface area contributed by atoms with E-state index in [9.17, 15) is 13.2 Å². The van der Waals surface area contributed by atoms with E-state index < -0.39 is 0 Å². The molecule has 0 nitrogen and oxygen atoms in total. The average Bonchev–Trinajstić information content (AvgIpc) is 0.736. The molecule has 10 rings (SSSR count). The van der Waals surface area contributed by atoms with Gasteiger partial charge < -0.3 is 0 Å². The lowest BCUT2D eigenvalue weighted by atomic mass is 9.86. The maximum Gasteiger partial charge on any atom is 0.123 e. The molecule has 10 aromatic rings. The van der Waals surface area contributed by atoms with Gasteiger partial charge in [0.25, 0.3) is 0 Å². The minimum atomic E-state index is -0.160. The second-order valence-corrected chi connectivity index (χ2v) is 37.8. The van der Waals surface area contributed by atoms with E-state index in [2.05, 4.69) is 343 Å². The number of benzene rings is 10. The van der Waals surface area contributed by atoms with Crippen LogP contribution in [0.1, 0.15) is 228 Å². The highest BCUT2D eigenvalue weighted by Crippen LogP contribution is 2.30. The fraction of sp³-hybridized carbons (Fsp3) is 0.434. The summed E-state index contributed by atoms with van der Waals surface area (Å²) < 4.78 is 38.2. The molecular weight excluding hydrogens is 1250 g/mol. The predicted molar refractivity (Wildman–Crippen MR) is 446 cm³/mol. The minimum Gasteiger partial charge on any atom is -0.207 e. The van der Waals surface area contributed by atoms with Crippen molar-refractivity contribution in [3.8, 4) is 0 Å². The molecule has 0 aromatic heterocycles. The lowest BCUT2D eigenvalue weighted by Gasteiger charge is -2.19. The van der Waals surface area contributed by atoms with Crippen molar-refractivity contribution in [1.82, 2.24) is 0 Å². The summed E-state index contributed by atoms with van der Waals surface area (Å²) >= 11 is 0. The normalized spacial score (nSPS) is 11.7. The van der Waals surface area contributed by atoms with Crippen molar-refractivity contribution < 1.29 is 13.2 Å². The van der Waals surface area contributed by atoms with Crippen molar-refractivity contribution >= 4 is 21.5 Å². The number of hydrogen-bond acceptors (Lipinski definition) is 0. The van der Waals surface area contributed by atoms with Crippen LogP contribution in [0.2, 0.25) is 0 Å². The van der Waals surface area contributed by atoms with Crippen LogP contribution in [0.3, 0.4) is 0 Å². The molecule has 3 heteroatoms. The molecule has 0 N–H and O–H groups in total. The van der Waals surface area contributed by atoms with Crippen molar-refractivity contribution in [2.45, 2.75) is 238 Å². The van der Waals surface area contributed by atoms with Crippen molar-refractivity contribution in [2.24, 2.45) is 43.3 Å². The van der Waals surface area contributed by atoms with Crippen LogP contribution in [0, 0.1) is 74.6 Å². The molecule has 0 radical (unpaired) electrons. The molecule has 0 saturated heterocycles. The standard InChI is InChI=1S/2C15H18.C12H17F.2C12H18.2C11H15F.C11H16/c1-15(2,3)11-13-9-6-8-12-7-4-5-10-14(12)13;1-15(2,3)11-12-8-9-13-6-4-5-7-14(13)10-12;1-9-5-6-11(13)7-10(9)8-12(2,3)4;1-10-5-7-11(8-6-10)9-12(2,3)4;1-12(2,3)10-9-11-7-5-4-6-8-11;1-11(2,3)8-9-4-6-10(12)7-5-9;1-11(2,3)8-9-5-4-6-10(12)7-9;1-11(2,3)9-10-7-5-4-6-8-10/h2*4-10H,11H2,1-3H3;5-7H,8H2,1-4H3;5-8H,9H2,1-4H3;4-8H,9-10H2,1-3H3;2*4-7H,8H2,1-3H3;4-8H,9H2,1-3H3. The highest BCUT2D eigenvalue weighted by molar-refractivity contribution is 5.86. The Morgan fingerprint density at radius 1 is 0.225 bits per heavy atom. The largest absolute Gasteiger partial charge is 0.207 e. The van der Waals surface area contributed by atoms with E-state index in [0.717, 1.165) is 56.1 Å². The summed E-state index contributed by atoms with van der Waals surface area (Å²) in [4.78, 5) is 0. The van der Waals surface area contributed by atoms with Gasteiger partial charge >= 0.3 is 0 Å². The van der Waals surface area contributed by atoms with Crippen molar-refractivity contribution in [1.29, 1.82) is 0 Å². The van der Waals surface area contributed by atoms with Gasteiger partial charge in [0.05, 0.1) is 0 Å². The first-order valence-corrected chi connectivity index (χ1v) is 37.4. The first kappa shape index (κ1) is 88.7. The Hall–Kier alpha value is -7.49. The van der Waals surface area contributed by atoms with Crippen LogP contribution in [0.4, 0.5) is 13.2 Å². The third-order valence-electron chi connectivity index (χ3n) is 15.9. The molecule has 10 aromatic carbocycles. The van der Waals surface area contributed by atoms with Crippen LogP contribution in [-0.4, -0.2) is 0 Å². The highest BCUT2D eigenvalue weighted by atomic mass is 19.1. The fourth-order valence-electron chi connectivity index (χ4n) is 11.5. The number of aryl methyl sites for hydroxylation is 3. The molecule has 0 saturated carbocycles.